The highest BCUT2D eigenvalue weighted by Gasteiger charge is 2.41. The molecule has 0 aromatic heterocycles. The van der Waals surface area contributed by atoms with Gasteiger partial charge < -0.3 is 14.4 Å². The normalized spacial score (nSPS) is 21.2. The summed E-state index contributed by atoms with van der Waals surface area (Å²) < 4.78 is 10.9. The van der Waals surface area contributed by atoms with Gasteiger partial charge in [-0.2, -0.15) is 0 Å². The molecule has 6 nitrogen and oxygen atoms in total. The highest BCUT2D eigenvalue weighted by atomic mass is 35.5. The number of likely N-dealkylation sites (tertiary alicyclic amines) is 1. The minimum Gasteiger partial charge on any atom is -0.497 e. The third-order valence-corrected chi connectivity index (χ3v) is 5.83. The van der Waals surface area contributed by atoms with Gasteiger partial charge in [0.2, 0.25) is 0 Å². The Bertz CT molecular complexity index is 946. The number of carbonyl (C=O) groups excluding carboxylic acids is 2. The topological polar surface area (TPSA) is 60.3 Å². The molecule has 1 unspecified atom stereocenters. The molecule has 4 rings (SSSR count). The molecule has 1 amide bonds. The second-order valence-corrected chi connectivity index (χ2v) is 7.53. The van der Waals surface area contributed by atoms with Crippen molar-refractivity contribution in [3.8, 4) is 11.5 Å². The van der Waals surface area contributed by atoms with Crippen LogP contribution < -0.4 is 19.3 Å². The van der Waals surface area contributed by atoms with Gasteiger partial charge >= 0.3 is 5.91 Å². The molecule has 0 radical (unpaired) electrons. The van der Waals surface area contributed by atoms with Gasteiger partial charge in [0.25, 0.3) is 5.78 Å². The second-order valence-electron chi connectivity index (χ2n) is 7.09. The van der Waals surface area contributed by atoms with Gasteiger partial charge in [-0.05, 0) is 36.4 Å². The summed E-state index contributed by atoms with van der Waals surface area (Å²) in [6, 6.07) is 11.0. The molecule has 1 fully saturated rings. The maximum atomic E-state index is 12.6. The van der Waals surface area contributed by atoms with E-state index in [0.717, 1.165) is 36.4 Å². The lowest BCUT2D eigenvalue weighted by atomic mass is 10.0. The number of ether oxygens (including phenoxy) is 2. The van der Waals surface area contributed by atoms with Crippen LogP contribution in [0, 0.1) is 0 Å². The molecular formula is C21H22ClN2O4+. The zero-order chi connectivity index (χ0) is 19.8. The van der Waals surface area contributed by atoms with Crippen LogP contribution in [0.15, 0.2) is 36.4 Å². The molecule has 0 saturated carbocycles. The average molecular weight is 402 g/mol. The number of carbonyl (C=O) groups is 2. The molecule has 0 spiro atoms. The molecule has 1 N–H and O–H groups in total. The van der Waals surface area contributed by atoms with Gasteiger partial charge in [-0.1, -0.05) is 11.6 Å². The van der Waals surface area contributed by atoms with E-state index in [-0.39, 0.29) is 6.04 Å². The molecule has 7 heteroatoms. The number of methoxy groups -OCH3 is 2. The number of anilines is 1. The lowest BCUT2D eigenvalue weighted by Gasteiger charge is -2.27. The van der Waals surface area contributed by atoms with Crippen LogP contribution in [0.3, 0.4) is 0 Å². The Hall–Kier alpha value is -2.57. The maximum absolute atomic E-state index is 12.6. The van der Waals surface area contributed by atoms with Crippen molar-refractivity contribution >= 4 is 29.0 Å². The Balaban J connectivity index is 1.64. The van der Waals surface area contributed by atoms with E-state index in [2.05, 4.69) is 0 Å². The van der Waals surface area contributed by atoms with Crippen LogP contribution in [0.2, 0.25) is 5.02 Å². The van der Waals surface area contributed by atoms with Crippen LogP contribution in [0.1, 0.15) is 34.8 Å². The van der Waals surface area contributed by atoms with E-state index < -0.39 is 11.7 Å². The Labute approximate surface area is 168 Å². The third kappa shape index (κ3) is 3.12. The van der Waals surface area contributed by atoms with Crippen LogP contribution in [0.25, 0.3) is 0 Å². The average Bonchev–Trinajstić information content (AvgIpc) is 3.26. The summed E-state index contributed by atoms with van der Waals surface area (Å²) >= 11 is 6.01. The molecular weight excluding hydrogens is 380 g/mol. The van der Waals surface area contributed by atoms with Gasteiger partial charge in [0, 0.05) is 17.9 Å². The molecule has 2 aromatic carbocycles. The molecule has 1 saturated heterocycles. The molecule has 2 aromatic rings. The van der Waals surface area contributed by atoms with E-state index >= 15 is 0 Å². The molecule has 2 heterocycles. The number of hydrogen-bond acceptors (Lipinski definition) is 4. The van der Waals surface area contributed by atoms with Crippen molar-refractivity contribution in [3.05, 3.63) is 52.5 Å². The van der Waals surface area contributed by atoms with Crippen molar-refractivity contribution in [1.82, 2.24) is 0 Å². The van der Waals surface area contributed by atoms with Crippen LogP contribution in [0.4, 0.5) is 5.69 Å². The minimum absolute atomic E-state index is 0.157. The lowest BCUT2D eigenvalue weighted by Crippen LogP contribution is -3.12. The quantitative estimate of drug-likeness (QED) is 0.781. The minimum atomic E-state index is -0.494. The number of rotatable bonds is 5. The van der Waals surface area contributed by atoms with Crippen LogP contribution in [-0.2, 0) is 4.79 Å². The SMILES string of the molecule is COc1ccc(OC)c([C@@H]2CCC[NH+]2CN2C(=O)C(=O)c3cc(Cl)ccc32)c1. The number of halogens is 1. The zero-order valence-electron chi connectivity index (χ0n) is 15.8. The van der Waals surface area contributed by atoms with E-state index in [4.69, 9.17) is 21.1 Å². The van der Waals surface area contributed by atoms with Crippen molar-refractivity contribution < 1.29 is 24.0 Å². The van der Waals surface area contributed by atoms with E-state index in [1.165, 1.54) is 4.90 Å². The first-order valence-corrected chi connectivity index (χ1v) is 9.63. The Morgan fingerprint density at radius 3 is 2.71 bits per heavy atom. The molecule has 28 heavy (non-hydrogen) atoms. The fourth-order valence-electron chi connectivity index (χ4n) is 4.22. The first-order chi connectivity index (χ1) is 13.5. The number of benzene rings is 2. The summed E-state index contributed by atoms with van der Waals surface area (Å²) in [7, 11) is 3.30. The summed E-state index contributed by atoms with van der Waals surface area (Å²) in [6.45, 7) is 1.33. The highest BCUT2D eigenvalue weighted by Crippen LogP contribution is 2.33. The molecule has 0 bridgehead atoms. The standard InChI is InChI=1S/C21H21ClN2O4/c1-27-14-6-8-19(28-2)15(11-14)17-4-3-9-23(17)12-24-18-7-5-13(22)10-16(18)20(25)21(24)26/h5-8,10-11,17H,3-4,9,12H2,1-2H3/p+1/t17-/m0/s1. The van der Waals surface area contributed by atoms with Crippen molar-refractivity contribution in [3.63, 3.8) is 0 Å². The van der Waals surface area contributed by atoms with Crippen LogP contribution >= 0.6 is 11.6 Å². The Kier molecular flexibility index (Phi) is 5.00. The smallest absolute Gasteiger partial charge is 0.303 e. The van der Waals surface area contributed by atoms with Gasteiger partial charge in [-0.3, -0.25) is 14.5 Å². The van der Waals surface area contributed by atoms with Crippen molar-refractivity contribution in [1.29, 1.82) is 0 Å². The summed E-state index contributed by atoms with van der Waals surface area (Å²) in [4.78, 5) is 27.8. The first kappa shape index (κ1) is 18.8. The summed E-state index contributed by atoms with van der Waals surface area (Å²) in [5.74, 6) is 0.593. The number of Topliss-reactive ketones (excluding diaryl/α,β-unsaturated/α-hetero) is 1. The number of ketones is 1. The van der Waals surface area contributed by atoms with Crippen molar-refractivity contribution in [2.75, 3.05) is 32.3 Å². The second kappa shape index (κ2) is 7.45. The van der Waals surface area contributed by atoms with Crippen LogP contribution in [0.5, 0.6) is 11.5 Å². The fraction of sp³-hybridized carbons (Fsp3) is 0.333. The largest absolute Gasteiger partial charge is 0.497 e. The predicted molar refractivity (Wildman–Crippen MR) is 105 cm³/mol. The Morgan fingerprint density at radius 2 is 1.96 bits per heavy atom. The van der Waals surface area contributed by atoms with E-state index in [1.54, 1.807) is 37.3 Å². The third-order valence-electron chi connectivity index (χ3n) is 5.59. The Morgan fingerprint density at radius 1 is 1.14 bits per heavy atom. The number of hydrogen-bond donors (Lipinski definition) is 1. The van der Waals surface area contributed by atoms with Crippen LogP contribution in [-0.4, -0.2) is 39.1 Å². The number of amides is 1. The molecule has 2 aliphatic rings. The van der Waals surface area contributed by atoms with Crippen molar-refractivity contribution in [2.24, 2.45) is 0 Å². The predicted octanol–water partition coefficient (Wildman–Crippen LogP) is 2.26. The first-order valence-electron chi connectivity index (χ1n) is 9.25. The summed E-state index contributed by atoms with van der Waals surface area (Å²) in [6.07, 6.45) is 2.01. The van der Waals surface area contributed by atoms with Gasteiger partial charge in [-0.15, -0.1) is 0 Å². The van der Waals surface area contributed by atoms with Gasteiger partial charge in [0.05, 0.1) is 37.6 Å². The number of fused-ring (bicyclic) bond motifs is 1. The van der Waals surface area contributed by atoms with Crippen molar-refractivity contribution in [2.45, 2.75) is 18.9 Å². The zero-order valence-corrected chi connectivity index (χ0v) is 16.6. The molecule has 146 valence electrons. The summed E-state index contributed by atoms with van der Waals surface area (Å²) in [5, 5.41) is 0.453. The number of nitrogens with zero attached hydrogens (tertiary/aromatic N) is 1. The van der Waals surface area contributed by atoms with E-state index in [0.29, 0.717) is 22.9 Å². The summed E-state index contributed by atoms with van der Waals surface area (Å²) in [5.41, 5.74) is 2.07. The maximum Gasteiger partial charge on any atom is 0.303 e. The molecule has 2 atom stereocenters. The van der Waals surface area contributed by atoms with Gasteiger partial charge in [0.15, 0.2) is 6.67 Å². The number of nitrogens with one attached hydrogen (secondary N) is 1. The highest BCUT2D eigenvalue weighted by molar-refractivity contribution is 6.52. The molecule has 0 aliphatic carbocycles. The number of quaternary nitrogens is 1. The van der Waals surface area contributed by atoms with Gasteiger partial charge in [0.1, 0.15) is 17.5 Å². The van der Waals surface area contributed by atoms with E-state index in [9.17, 15) is 9.59 Å². The van der Waals surface area contributed by atoms with Gasteiger partial charge in [-0.25, -0.2) is 0 Å². The lowest BCUT2D eigenvalue weighted by molar-refractivity contribution is -0.917. The molecule has 2 aliphatic heterocycles. The van der Waals surface area contributed by atoms with E-state index in [1.807, 2.05) is 18.2 Å². The fourth-order valence-corrected chi connectivity index (χ4v) is 4.39. The monoisotopic (exact) mass is 401 g/mol.